The van der Waals surface area contributed by atoms with Crippen molar-refractivity contribution >= 4 is 23.0 Å². The predicted molar refractivity (Wildman–Crippen MR) is 88.1 cm³/mol. The Morgan fingerprint density at radius 2 is 1.81 bits per heavy atom. The fourth-order valence-corrected chi connectivity index (χ4v) is 1.89. The van der Waals surface area contributed by atoms with Crippen molar-refractivity contribution in [2.24, 2.45) is 5.92 Å². The highest BCUT2D eigenvalue weighted by Gasteiger charge is 2.07. The average molecular weight is 283 g/mol. The summed E-state index contributed by atoms with van der Waals surface area (Å²) in [5, 5.41) is 6.20. The van der Waals surface area contributed by atoms with E-state index in [4.69, 9.17) is 5.73 Å². The molecule has 2 aromatic carbocycles. The number of rotatable bonds is 5. The van der Waals surface area contributed by atoms with Gasteiger partial charge in [-0.15, -0.1) is 0 Å². The van der Waals surface area contributed by atoms with Gasteiger partial charge in [0.15, 0.2) is 0 Å². The van der Waals surface area contributed by atoms with E-state index in [0.29, 0.717) is 6.54 Å². The topological polar surface area (TPSA) is 67.2 Å². The fraction of sp³-hybridized carbons (Fsp3) is 0.235. The van der Waals surface area contributed by atoms with Crippen molar-refractivity contribution in [1.82, 2.24) is 0 Å². The fourth-order valence-electron chi connectivity index (χ4n) is 1.89. The lowest BCUT2D eigenvalue weighted by molar-refractivity contribution is -0.118. The summed E-state index contributed by atoms with van der Waals surface area (Å²) in [7, 11) is 0. The summed E-state index contributed by atoms with van der Waals surface area (Å²) in [5.74, 6) is -0.0230. The van der Waals surface area contributed by atoms with Crippen LogP contribution >= 0.6 is 0 Å². The number of nitrogen functional groups attached to an aromatic ring is 1. The maximum atomic E-state index is 11.7. The van der Waals surface area contributed by atoms with Crippen molar-refractivity contribution in [3.05, 3.63) is 54.1 Å². The van der Waals surface area contributed by atoms with Crippen LogP contribution in [0, 0.1) is 5.92 Å². The van der Waals surface area contributed by atoms with Crippen molar-refractivity contribution in [2.45, 2.75) is 20.4 Å². The molecule has 0 saturated carbocycles. The molecule has 4 heteroatoms. The van der Waals surface area contributed by atoms with Crippen LogP contribution in [0.1, 0.15) is 19.4 Å². The van der Waals surface area contributed by atoms with Crippen LogP contribution in [0.4, 0.5) is 17.1 Å². The first-order chi connectivity index (χ1) is 10.1. The molecule has 0 aliphatic rings. The lowest BCUT2D eigenvalue weighted by atomic mass is 10.1. The number of nitrogens with two attached hydrogens (primary N) is 1. The molecule has 4 nitrogen and oxygen atoms in total. The van der Waals surface area contributed by atoms with Crippen molar-refractivity contribution in [2.75, 3.05) is 16.4 Å². The summed E-state index contributed by atoms with van der Waals surface area (Å²) in [6.07, 6.45) is 0. The Kier molecular flexibility index (Phi) is 4.82. The van der Waals surface area contributed by atoms with E-state index >= 15 is 0 Å². The molecule has 4 N–H and O–H groups in total. The van der Waals surface area contributed by atoms with Gasteiger partial charge >= 0.3 is 0 Å². The lowest BCUT2D eigenvalue weighted by Gasteiger charge is -2.11. The van der Waals surface area contributed by atoms with Gasteiger partial charge in [0.25, 0.3) is 0 Å². The van der Waals surface area contributed by atoms with E-state index in [1.807, 2.05) is 62.4 Å². The Morgan fingerprint density at radius 1 is 1.10 bits per heavy atom. The van der Waals surface area contributed by atoms with Gasteiger partial charge in [-0.05, 0) is 29.8 Å². The van der Waals surface area contributed by atoms with Crippen molar-refractivity contribution < 1.29 is 4.79 Å². The van der Waals surface area contributed by atoms with Crippen LogP contribution in [0.3, 0.4) is 0 Å². The Morgan fingerprint density at radius 3 is 2.52 bits per heavy atom. The highest BCUT2D eigenvalue weighted by Crippen LogP contribution is 2.18. The van der Waals surface area contributed by atoms with Gasteiger partial charge in [-0.3, -0.25) is 4.79 Å². The van der Waals surface area contributed by atoms with E-state index in [2.05, 4.69) is 10.6 Å². The highest BCUT2D eigenvalue weighted by atomic mass is 16.1. The SMILES string of the molecule is CC(C)C(=O)Nc1cccc(NCc2ccccc2N)c1. The second kappa shape index (κ2) is 6.79. The summed E-state index contributed by atoms with van der Waals surface area (Å²) >= 11 is 0. The first kappa shape index (κ1) is 14.9. The van der Waals surface area contributed by atoms with Crippen molar-refractivity contribution in [3.8, 4) is 0 Å². The van der Waals surface area contributed by atoms with Gasteiger partial charge in [0.2, 0.25) is 5.91 Å². The number of carbonyl (C=O) groups excluding carboxylic acids is 1. The Balaban J connectivity index is 2.01. The molecule has 2 aromatic rings. The number of benzene rings is 2. The minimum atomic E-state index is -0.0364. The quantitative estimate of drug-likeness (QED) is 0.736. The van der Waals surface area contributed by atoms with Crippen LogP contribution in [0.15, 0.2) is 48.5 Å². The number of hydrogen-bond donors (Lipinski definition) is 3. The number of para-hydroxylation sites is 1. The zero-order chi connectivity index (χ0) is 15.2. The van der Waals surface area contributed by atoms with E-state index < -0.39 is 0 Å². The molecule has 0 spiro atoms. The molecule has 0 radical (unpaired) electrons. The summed E-state index contributed by atoms with van der Waals surface area (Å²) in [5.41, 5.74) is 9.48. The number of hydrogen-bond acceptors (Lipinski definition) is 3. The lowest BCUT2D eigenvalue weighted by Crippen LogP contribution is -2.17. The Hall–Kier alpha value is -2.49. The second-order valence-electron chi connectivity index (χ2n) is 5.28. The Labute approximate surface area is 125 Å². The van der Waals surface area contributed by atoms with E-state index in [1.54, 1.807) is 0 Å². The molecule has 0 saturated heterocycles. The first-order valence-corrected chi connectivity index (χ1v) is 7.04. The van der Waals surface area contributed by atoms with Crippen LogP contribution in [0.25, 0.3) is 0 Å². The van der Waals surface area contributed by atoms with E-state index in [0.717, 1.165) is 22.6 Å². The second-order valence-corrected chi connectivity index (χ2v) is 5.28. The van der Waals surface area contributed by atoms with Gasteiger partial charge in [0.05, 0.1) is 0 Å². The van der Waals surface area contributed by atoms with Crippen LogP contribution in [-0.2, 0) is 11.3 Å². The standard InChI is InChI=1S/C17H21N3O/c1-12(2)17(21)20-15-8-5-7-14(10-15)19-11-13-6-3-4-9-16(13)18/h3-10,12,19H,11,18H2,1-2H3,(H,20,21). The molecule has 0 aromatic heterocycles. The molecule has 21 heavy (non-hydrogen) atoms. The van der Waals surface area contributed by atoms with Crippen LogP contribution in [0.5, 0.6) is 0 Å². The third-order valence-electron chi connectivity index (χ3n) is 3.19. The van der Waals surface area contributed by atoms with E-state index in [1.165, 1.54) is 0 Å². The molecule has 0 fully saturated rings. The smallest absolute Gasteiger partial charge is 0.226 e. The van der Waals surface area contributed by atoms with Crippen LogP contribution < -0.4 is 16.4 Å². The van der Waals surface area contributed by atoms with Crippen molar-refractivity contribution in [3.63, 3.8) is 0 Å². The zero-order valence-corrected chi connectivity index (χ0v) is 12.4. The normalized spacial score (nSPS) is 10.4. The minimum Gasteiger partial charge on any atom is -0.398 e. The number of anilines is 3. The average Bonchev–Trinajstić information content (AvgIpc) is 2.46. The van der Waals surface area contributed by atoms with E-state index in [-0.39, 0.29) is 11.8 Å². The molecule has 0 heterocycles. The summed E-state index contributed by atoms with van der Waals surface area (Å²) in [6, 6.07) is 15.4. The van der Waals surface area contributed by atoms with Gasteiger partial charge in [-0.25, -0.2) is 0 Å². The van der Waals surface area contributed by atoms with Gasteiger partial charge in [0.1, 0.15) is 0 Å². The molecule has 0 aliphatic carbocycles. The predicted octanol–water partition coefficient (Wildman–Crippen LogP) is 3.48. The largest absolute Gasteiger partial charge is 0.398 e. The maximum absolute atomic E-state index is 11.7. The summed E-state index contributed by atoms with van der Waals surface area (Å²) in [6.45, 7) is 4.39. The monoisotopic (exact) mass is 283 g/mol. The highest BCUT2D eigenvalue weighted by molar-refractivity contribution is 5.92. The van der Waals surface area contributed by atoms with Gasteiger partial charge < -0.3 is 16.4 Å². The number of carbonyl (C=O) groups is 1. The maximum Gasteiger partial charge on any atom is 0.226 e. The molecular formula is C17H21N3O. The number of nitrogens with one attached hydrogen (secondary N) is 2. The van der Waals surface area contributed by atoms with Crippen LogP contribution in [-0.4, -0.2) is 5.91 Å². The molecule has 0 unspecified atom stereocenters. The third-order valence-corrected chi connectivity index (χ3v) is 3.19. The van der Waals surface area contributed by atoms with Gasteiger partial charge in [0, 0.05) is 29.5 Å². The molecule has 110 valence electrons. The minimum absolute atomic E-state index is 0.0134. The van der Waals surface area contributed by atoms with Crippen molar-refractivity contribution in [1.29, 1.82) is 0 Å². The molecular weight excluding hydrogens is 262 g/mol. The Bertz CT molecular complexity index is 623. The molecule has 0 bridgehead atoms. The molecule has 1 amide bonds. The van der Waals surface area contributed by atoms with Crippen LogP contribution in [0.2, 0.25) is 0 Å². The van der Waals surface area contributed by atoms with Gasteiger partial charge in [-0.1, -0.05) is 38.1 Å². The van der Waals surface area contributed by atoms with E-state index in [9.17, 15) is 4.79 Å². The summed E-state index contributed by atoms with van der Waals surface area (Å²) in [4.78, 5) is 11.7. The van der Waals surface area contributed by atoms with Gasteiger partial charge in [-0.2, -0.15) is 0 Å². The molecule has 0 aliphatic heterocycles. The number of amides is 1. The zero-order valence-electron chi connectivity index (χ0n) is 12.4. The summed E-state index contributed by atoms with van der Waals surface area (Å²) < 4.78 is 0. The third kappa shape index (κ3) is 4.24. The molecule has 2 rings (SSSR count). The molecule has 0 atom stereocenters. The first-order valence-electron chi connectivity index (χ1n) is 7.04.